The van der Waals surface area contributed by atoms with Gasteiger partial charge in [-0.25, -0.2) is 4.79 Å². The molecule has 4 aromatic rings. The van der Waals surface area contributed by atoms with Crippen LogP contribution in [0.1, 0.15) is 37.0 Å². The Bertz CT molecular complexity index is 1280. The highest BCUT2D eigenvalue weighted by Gasteiger charge is 2.29. The number of hydrogen-bond donors (Lipinski definition) is 0. The van der Waals surface area contributed by atoms with Gasteiger partial charge in [0.25, 0.3) is 0 Å². The second-order valence-electron chi connectivity index (χ2n) is 9.51. The molecule has 4 aromatic carbocycles. The topological polar surface area (TPSA) is 35.5 Å². The summed E-state index contributed by atoms with van der Waals surface area (Å²) in [5.74, 6) is 0.272. The highest BCUT2D eigenvalue weighted by Crippen LogP contribution is 2.33. The van der Waals surface area contributed by atoms with E-state index in [1.165, 1.54) is 32.2 Å². The fourth-order valence-electron chi connectivity index (χ4n) is 4.65. The van der Waals surface area contributed by atoms with Crippen molar-refractivity contribution in [3.63, 3.8) is 0 Å². The third-order valence-electron chi connectivity index (χ3n) is 6.54. The van der Waals surface area contributed by atoms with Crippen LogP contribution in [0.15, 0.2) is 118 Å². The minimum Gasteiger partial charge on any atom is -0.482 e. The van der Waals surface area contributed by atoms with Gasteiger partial charge in [0.05, 0.1) is 10.9 Å². The SMILES string of the molecule is CC(C)(OC(=O)COc1ccc([S+](c2ccccc2)c2ccccc2)cc1)c1ccc2c(c1)CCC2. The maximum Gasteiger partial charge on any atom is 0.345 e. The van der Waals surface area contributed by atoms with Gasteiger partial charge >= 0.3 is 5.97 Å². The van der Waals surface area contributed by atoms with E-state index in [0.717, 1.165) is 18.4 Å². The Labute approximate surface area is 216 Å². The van der Waals surface area contributed by atoms with E-state index >= 15 is 0 Å². The van der Waals surface area contributed by atoms with Gasteiger partial charge in [-0.3, -0.25) is 0 Å². The summed E-state index contributed by atoms with van der Waals surface area (Å²) in [6, 6.07) is 35.5. The van der Waals surface area contributed by atoms with Gasteiger partial charge in [0.1, 0.15) is 11.4 Å². The minimum atomic E-state index is -0.707. The summed E-state index contributed by atoms with van der Waals surface area (Å²) in [4.78, 5) is 16.4. The second-order valence-corrected chi connectivity index (χ2v) is 11.5. The first-order valence-corrected chi connectivity index (χ1v) is 13.6. The number of hydrogen-bond acceptors (Lipinski definition) is 3. The average molecular weight is 496 g/mol. The van der Waals surface area contributed by atoms with Gasteiger partial charge < -0.3 is 9.47 Å². The van der Waals surface area contributed by atoms with Crippen molar-refractivity contribution in [3.05, 3.63) is 120 Å². The first-order valence-electron chi connectivity index (χ1n) is 12.4. The van der Waals surface area contributed by atoms with Crippen LogP contribution < -0.4 is 4.74 Å². The van der Waals surface area contributed by atoms with Crippen molar-refractivity contribution in [2.24, 2.45) is 0 Å². The third-order valence-corrected chi connectivity index (χ3v) is 8.77. The van der Waals surface area contributed by atoms with E-state index in [4.69, 9.17) is 9.47 Å². The summed E-state index contributed by atoms with van der Waals surface area (Å²) in [5, 5.41) is 0. The number of benzene rings is 4. The van der Waals surface area contributed by atoms with Crippen molar-refractivity contribution in [1.82, 2.24) is 0 Å². The third kappa shape index (κ3) is 5.50. The minimum absolute atomic E-state index is 0.128. The Morgan fingerprint density at radius 1 is 0.750 bits per heavy atom. The van der Waals surface area contributed by atoms with E-state index in [1.807, 2.05) is 38.1 Å². The van der Waals surface area contributed by atoms with Crippen molar-refractivity contribution in [2.75, 3.05) is 6.61 Å². The van der Waals surface area contributed by atoms with Gasteiger partial charge in [-0.1, -0.05) is 54.6 Å². The normalized spacial score (nSPS) is 12.9. The zero-order chi connectivity index (χ0) is 25.0. The maximum atomic E-state index is 12.6. The molecule has 0 N–H and O–H groups in total. The zero-order valence-electron chi connectivity index (χ0n) is 20.8. The second kappa shape index (κ2) is 10.6. The summed E-state index contributed by atoms with van der Waals surface area (Å²) in [7, 11) is -0.218. The number of carbonyl (C=O) groups excluding carboxylic acids is 1. The summed E-state index contributed by atoms with van der Waals surface area (Å²) in [6.07, 6.45) is 3.44. The standard InChI is InChI=1S/C32H31O3S/c1-32(2,26-17-16-24-10-9-11-25(24)22-26)35-31(33)23-34-27-18-20-30(21-19-27)36(28-12-5-3-6-13-28)29-14-7-4-8-15-29/h3-8,12-22H,9-11,23H2,1-2H3/q+1. The molecule has 1 aliphatic rings. The molecule has 0 aliphatic heterocycles. The van der Waals surface area contributed by atoms with Crippen molar-refractivity contribution < 1.29 is 14.3 Å². The number of carbonyl (C=O) groups is 1. The molecular formula is C32H31O3S+. The lowest BCUT2D eigenvalue weighted by atomic mass is 9.94. The van der Waals surface area contributed by atoms with Gasteiger partial charge in [0.2, 0.25) is 0 Å². The van der Waals surface area contributed by atoms with Gasteiger partial charge in [0, 0.05) is 0 Å². The molecule has 0 fully saturated rings. The molecule has 0 atom stereocenters. The Morgan fingerprint density at radius 2 is 1.33 bits per heavy atom. The maximum absolute atomic E-state index is 12.6. The Kier molecular flexibility index (Phi) is 7.15. The molecule has 182 valence electrons. The van der Waals surface area contributed by atoms with Crippen LogP contribution >= 0.6 is 0 Å². The van der Waals surface area contributed by atoms with Crippen LogP contribution in [-0.2, 0) is 38.9 Å². The largest absolute Gasteiger partial charge is 0.482 e. The van der Waals surface area contributed by atoms with Crippen molar-refractivity contribution in [1.29, 1.82) is 0 Å². The van der Waals surface area contributed by atoms with Crippen LogP contribution in [-0.4, -0.2) is 12.6 Å². The summed E-state index contributed by atoms with van der Waals surface area (Å²) < 4.78 is 11.6. The van der Waals surface area contributed by atoms with E-state index in [9.17, 15) is 4.79 Å². The molecule has 0 heterocycles. The molecule has 1 aliphatic carbocycles. The van der Waals surface area contributed by atoms with Crippen LogP contribution in [0.4, 0.5) is 0 Å². The lowest BCUT2D eigenvalue weighted by Crippen LogP contribution is -2.28. The number of rotatable bonds is 8. The molecule has 0 unspecified atom stereocenters. The molecular weight excluding hydrogens is 464 g/mol. The lowest BCUT2D eigenvalue weighted by molar-refractivity contribution is -0.159. The Hall–Kier alpha value is -3.50. The zero-order valence-corrected chi connectivity index (χ0v) is 21.6. The lowest BCUT2D eigenvalue weighted by Gasteiger charge is -2.26. The molecule has 4 heteroatoms. The fraction of sp³-hybridized carbons (Fsp3) is 0.219. The fourth-order valence-corrected chi connectivity index (χ4v) is 6.74. The Morgan fingerprint density at radius 3 is 1.97 bits per heavy atom. The van der Waals surface area contributed by atoms with Gasteiger partial charge in [0.15, 0.2) is 21.3 Å². The molecule has 0 bridgehead atoms. The number of fused-ring (bicyclic) bond motifs is 1. The van der Waals surface area contributed by atoms with E-state index in [2.05, 4.69) is 78.9 Å². The molecule has 5 rings (SSSR count). The summed E-state index contributed by atoms with van der Waals surface area (Å²) in [5.41, 5.74) is 3.10. The van der Waals surface area contributed by atoms with Crippen LogP contribution in [0.3, 0.4) is 0 Å². The van der Waals surface area contributed by atoms with Gasteiger partial charge in [-0.2, -0.15) is 0 Å². The van der Waals surface area contributed by atoms with E-state index < -0.39 is 5.60 Å². The number of ether oxygens (including phenoxy) is 2. The van der Waals surface area contributed by atoms with Crippen molar-refractivity contribution in [2.45, 2.75) is 53.4 Å². The van der Waals surface area contributed by atoms with Crippen LogP contribution in [0.25, 0.3) is 0 Å². The molecule has 3 nitrogen and oxygen atoms in total. The highest BCUT2D eigenvalue weighted by atomic mass is 32.2. The quantitative estimate of drug-likeness (QED) is 0.193. The van der Waals surface area contributed by atoms with E-state index in [1.54, 1.807) is 0 Å². The van der Waals surface area contributed by atoms with E-state index in [0.29, 0.717) is 5.75 Å². The predicted octanol–water partition coefficient (Wildman–Crippen LogP) is 7.13. The molecule has 36 heavy (non-hydrogen) atoms. The average Bonchev–Trinajstić information content (AvgIpc) is 3.38. The van der Waals surface area contributed by atoms with Crippen molar-refractivity contribution in [3.8, 4) is 5.75 Å². The smallest absolute Gasteiger partial charge is 0.345 e. The monoisotopic (exact) mass is 495 g/mol. The molecule has 0 amide bonds. The highest BCUT2D eigenvalue weighted by molar-refractivity contribution is 7.97. The molecule has 0 aromatic heterocycles. The van der Waals surface area contributed by atoms with E-state index in [-0.39, 0.29) is 23.5 Å². The molecule has 0 saturated carbocycles. The predicted molar refractivity (Wildman–Crippen MR) is 145 cm³/mol. The first kappa shape index (κ1) is 24.2. The first-order chi connectivity index (χ1) is 17.5. The molecule has 0 spiro atoms. The molecule has 0 radical (unpaired) electrons. The number of aryl methyl sites for hydroxylation is 2. The van der Waals surface area contributed by atoms with Gasteiger partial charge in [-0.05, 0) is 98.3 Å². The summed E-state index contributed by atoms with van der Waals surface area (Å²) >= 11 is 0. The van der Waals surface area contributed by atoms with Crippen molar-refractivity contribution >= 4 is 16.9 Å². The van der Waals surface area contributed by atoms with Gasteiger partial charge in [-0.15, -0.1) is 0 Å². The van der Waals surface area contributed by atoms with Crippen LogP contribution in [0.2, 0.25) is 0 Å². The molecule has 0 saturated heterocycles. The summed E-state index contributed by atoms with van der Waals surface area (Å²) in [6.45, 7) is 3.74. The number of esters is 1. The Balaban J connectivity index is 1.24. The van der Waals surface area contributed by atoms with Crippen LogP contribution in [0, 0.1) is 0 Å². The van der Waals surface area contributed by atoms with Crippen LogP contribution in [0.5, 0.6) is 5.75 Å².